The van der Waals surface area contributed by atoms with Gasteiger partial charge >= 0.3 is 11.7 Å². The maximum atomic E-state index is 12.1. The van der Waals surface area contributed by atoms with Gasteiger partial charge in [0.2, 0.25) is 0 Å². The van der Waals surface area contributed by atoms with Crippen LogP contribution in [-0.2, 0) is 21.5 Å². The number of esters is 1. The Bertz CT molecular complexity index is 1020. The van der Waals surface area contributed by atoms with E-state index < -0.39 is 46.9 Å². The van der Waals surface area contributed by atoms with E-state index >= 15 is 0 Å². The average molecular weight is 404 g/mol. The minimum Gasteiger partial charge on any atom is -0.464 e. The van der Waals surface area contributed by atoms with Crippen molar-refractivity contribution >= 4 is 5.97 Å². The van der Waals surface area contributed by atoms with Crippen molar-refractivity contribution in [3.05, 3.63) is 51.3 Å². The number of ether oxygens (including phenoxy) is 1. The molecule has 0 aliphatic heterocycles. The summed E-state index contributed by atoms with van der Waals surface area (Å²) in [6.45, 7) is -0.310. The first-order valence-electron chi connectivity index (χ1n) is 8.78. The Kier molecular flexibility index (Phi) is 5.64. The van der Waals surface area contributed by atoms with Gasteiger partial charge in [-0.15, -0.1) is 0 Å². The first-order chi connectivity index (χ1) is 13.8. The number of hydrogen-bond donors (Lipinski definition) is 5. The first-order valence-corrected chi connectivity index (χ1v) is 8.78. The molecule has 2 aromatic heterocycles. The van der Waals surface area contributed by atoms with Crippen molar-refractivity contribution in [2.75, 3.05) is 6.61 Å². The predicted molar refractivity (Wildman–Crippen MR) is 96.3 cm³/mol. The van der Waals surface area contributed by atoms with E-state index in [0.717, 1.165) is 16.8 Å². The molecule has 5 atom stereocenters. The van der Waals surface area contributed by atoms with Gasteiger partial charge in [0.05, 0.1) is 25.1 Å². The lowest BCUT2D eigenvalue weighted by atomic mass is 9.95. The standard InChI is InChI=1S/C17H20N6O6/c18-7-17(23-2-1-12(24)22-16(23)28)4-9(13(25)14(17)26)6-29-15(27)11(19)3-10-5-20-8-21-10/h1-2,5,8-9,11,13-14,25-26H,3-4,6,19H2,(H,20,21)(H,22,24,28)/t9-,11+,13?,14?,17+/m1/s1. The van der Waals surface area contributed by atoms with Crippen LogP contribution in [0.5, 0.6) is 0 Å². The van der Waals surface area contributed by atoms with Crippen LogP contribution in [0.1, 0.15) is 12.1 Å². The molecule has 3 rings (SSSR count). The number of imidazole rings is 1. The van der Waals surface area contributed by atoms with Crippen LogP contribution in [0.4, 0.5) is 0 Å². The average Bonchev–Trinajstić information content (AvgIpc) is 3.28. The second-order valence-electron chi connectivity index (χ2n) is 6.93. The summed E-state index contributed by atoms with van der Waals surface area (Å²) in [5.41, 5.74) is 3.05. The normalized spacial score (nSPS) is 27.3. The van der Waals surface area contributed by atoms with Crippen LogP contribution in [0.2, 0.25) is 0 Å². The number of aromatic nitrogens is 4. The number of aliphatic hydroxyl groups is 2. The van der Waals surface area contributed by atoms with Gasteiger partial charge in [0, 0.05) is 36.5 Å². The summed E-state index contributed by atoms with van der Waals surface area (Å²) in [4.78, 5) is 44.2. The molecule has 154 valence electrons. The largest absolute Gasteiger partial charge is 0.464 e. The van der Waals surface area contributed by atoms with Crippen molar-refractivity contribution in [3.63, 3.8) is 0 Å². The van der Waals surface area contributed by atoms with Crippen LogP contribution in [0.25, 0.3) is 0 Å². The molecule has 29 heavy (non-hydrogen) atoms. The number of rotatable bonds is 6. The number of nitriles is 1. The summed E-state index contributed by atoms with van der Waals surface area (Å²) >= 11 is 0. The van der Waals surface area contributed by atoms with Gasteiger partial charge in [-0.1, -0.05) is 0 Å². The maximum Gasteiger partial charge on any atom is 0.329 e. The molecule has 1 aliphatic rings. The van der Waals surface area contributed by atoms with Gasteiger partial charge in [-0.25, -0.2) is 9.78 Å². The first kappa shape index (κ1) is 20.5. The topological polar surface area (TPSA) is 200 Å². The molecule has 1 aliphatic carbocycles. The maximum absolute atomic E-state index is 12.1. The van der Waals surface area contributed by atoms with Gasteiger partial charge in [0.15, 0.2) is 5.54 Å². The van der Waals surface area contributed by atoms with E-state index in [4.69, 9.17) is 10.5 Å². The van der Waals surface area contributed by atoms with Crippen molar-refractivity contribution in [1.82, 2.24) is 19.5 Å². The summed E-state index contributed by atoms with van der Waals surface area (Å²) in [5.74, 6) is -1.55. The predicted octanol–water partition coefficient (Wildman–Crippen LogP) is -2.67. The van der Waals surface area contributed by atoms with E-state index in [1.165, 1.54) is 12.5 Å². The smallest absolute Gasteiger partial charge is 0.329 e. The minimum absolute atomic E-state index is 0.170. The summed E-state index contributed by atoms with van der Waals surface area (Å²) in [6, 6.07) is 1.92. The number of hydrogen-bond acceptors (Lipinski definition) is 9. The molecule has 0 aromatic carbocycles. The van der Waals surface area contributed by atoms with Crippen LogP contribution in [0, 0.1) is 17.2 Å². The van der Waals surface area contributed by atoms with E-state index in [1.54, 1.807) is 0 Å². The molecule has 2 heterocycles. The molecule has 0 spiro atoms. The molecule has 0 saturated heterocycles. The van der Waals surface area contributed by atoms with Gasteiger partial charge in [0.1, 0.15) is 12.1 Å². The third kappa shape index (κ3) is 3.83. The van der Waals surface area contributed by atoms with Crippen molar-refractivity contribution in [2.45, 2.75) is 36.6 Å². The number of nitrogens with zero attached hydrogens (tertiary/aromatic N) is 3. The van der Waals surface area contributed by atoms with Crippen molar-refractivity contribution in [2.24, 2.45) is 11.7 Å². The molecule has 0 amide bonds. The number of carbonyl (C=O) groups is 1. The number of aliphatic hydroxyl groups excluding tert-OH is 2. The summed E-state index contributed by atoms with van der Waals surface area (Å²) in [7, 11) is 0. The van der Waals surface area contributed by atoms with E-state index in [-0.39, 0.29) is 19.4 Å². The lowest BCUT2D eigenvalue weighted by molar-refractivity contribution is -0.147. The van der Waals surface area contributed by atoms with E-state index in [1.807, 2.05) is 11.1 Å². The molecule has 0 radical (unpaired) electrons. The fourth-order valence-corrected chi connectivity index (χ4v) is 3.49. The lowest BCUT2D eigenvalue weighted by Gasteiger charge is -2.27. The summed E-state index contributed by atoms with van der Waals surface area (Å²) < 4.78 is 6.02. The Balaban J connectivity index is 1.71. The third-order valence-corrected chi connectivity index (χ3v) is 5.05. The van der Waals surface area contributed by atoms with Gasteiger partial charge in [-0.3, -0.25) is 19.1 Å². The molecular formula is C17H20N6O6. The Morgan fingerprint density at radius 2 is 2.28 bits per heavy atom. The second kappa shape index (κ2) is 8.00. The number of aromatic amines is 2. The second-order valence-corrected chi connectivity index (χ2v) is 6.93. The Labute approximate surface area is 163 Å². The van der Waals surface area contributed by atoms with Crippen LogP contribution in [-0.4, -0.2) is 60.6 Å². The minimum atomic E-state index is -1.82. The van der Waals surface area contributed by atoms with Crippen LogP contribution < -0.4 is 17.0 Å². The van der Waals surface area contributed by atoms with Crippen molar-refractivity contribution in [1.29, 1.82) is 5.26 Å². The van der Waals surface area contributed by atoms with Gasteiger partial charge < -0.3 is 25.7 Å². The fourth-order valence-electron chi connectivity index (χ4n) is 3.49. The van der Waals surface area contributed by atoms with Gasteiger partial charge in [-0.2, -0.15) is 5.26 Å². The van der Waals surface area contributed by atoms with Crippen molar-refractivity contribution < 1.29 is 19.7 Å². The molecular weight excluding hydrogens is 384 g/mol. The number of nitrogens with one attached hydrogen (secondary N) is 2. The number of nitrogens with two attached hydrogens (primary N) is 1. The molecule has 12 heteroatoms. The monoisotopic (exact) mass is 404 g/mol. The van der Waals surface area contributed by atoms with Crippen LogP contribution in [0.15, 0.2) is 34.4 Å². The number of carbonyl (C=O) groups excluding carboxylic acids is 1. The molecule has 0 bridgehead atoms. The SMILES string of the molecule is N#C[C@@]1(n2ccc(=O)[nH]c2=O)C[C@H](COC(=O)[C@@H](N)Cc2cnc[nH]2)C(O)C1O. The van der Waals surface area contributed by atoms with Gasteiger partial charge in [-0.05, 0) is 6.42 Å². The Morgan fingerprint density at radius 1 is 1.52 bits per heavy atom. The zero-order valence-corrected chi connectivity index (χ0v) is 15.2. The summed E-state index contributed by atoms with van der Waals surface area (Å²) in [5, 5.41) is 30.5. The van der Waals surface area contributed by atoms with E-state index in [0.29, 0.717) is 5.69 Å². The zero-order chi connectivity index (χ0) is 21.2. The Morgan fingerprint density at radius 3 is 2.90 bits per heavy atom. The van der Waals surface area contributed by atoms with E-state index in [9.17, 15) is 29.9 Å². The highest BCUT2D eigenvalue weighted by Crippen LogP contribution is 2.40. The highest BCUT2D eigenvalue weighted by Gasteiger charge is 2.55. The quantitative estimate of drug-likeness (QED) is 0.318. The highest BCUT2D eigenvalue weighted by molar-refractivity contribution is 5.75. The fraction of sp³-hybridized carbons (Fsp3) is 0.471. The van der Waals surface area contributed by atoms with Crippen LogP contribution in [0.3, 0.4) is 0 Å². The van der Waals surface area contributed by atoms with Crippen LogP contribution >= 0.6 is 0 Å². The van der Waals surface area contributed by atoms with E-state index in [2.05, 4.69) is 9.97 Å². The summed E-state index contributed by atoms with van der Waals surface area (Å²) in [6.07, 6.45) is 0.958. The number of H-pyrrole nitrogens is 2. The molecule has 1 saturated carbocycles. The third-order valence-electron chi connectivity index (χ3n) is 5.05. The zero-order valence-electron chi connectivity index (χ0n) is 15.2. The Hall–Kier alpha value is -3.27. The molecule has 2 aromatic rings. The molecule has 1 fully saturated rings. The molecule has 12 nitrogen and oxygen atoms in total. The van der Waals surface area contributed by atoms with Gasteiger partial charge in [0.25, 0.3) is 5.56 Å². The lowest BCUT2D eigenvalue weighted by Crippen LogP contribution is -2.49. The van der Waals surface area contributed by atoms with Crippen molar-refractivity contribution in [3.8, 4) is 6.07 Å². The highest BCUT2D eigenvalue weighted by atomic mass is 16.5. The molecule has 2 unspecified atom stereocenters. The molecule has 6 N–H and O–H groups in total.